The Bertz CT molecular complexity index is 4280. The van der Waals surface area contributed by atoms with E-state index in [0.717, 1.165) is 35.3 Å². The Balaban J connectivity index is 1.75. The number of carboxylic acid groups (broad SMARTS) is 1. The van der Waals surface area contributed by atoms with Crippen molar-refractivity contribution in [2.75, 3.05) is 93.8 Å². The van der Waals surface area contributed by atoms with Crippen molar-refractivity contribution in [3.8, 4) is 0 Å². The zero-order chi connectivity index (χ0) is 100.0. The summed E-state index contributed by atoms with van der Waals surface area (Å²) >= 11 is 2.89. The monoisotopic (exact) mass is 1960 g/mol. The van der Waals surface area contributed by atoms with Crippen LogP contribution >= 0.6 is 35.3 Å². The van der Waals surface area contributed by atoms with Crippen LogP contribution < -0.4 is 125 Å². The molecule has 53 heteroatoms. The molecule has 5 rings (SSSR count). The molecule has 4 saturated heterocycles. The van der Waals surface area contributed by atoms with Gasteiger partial charge in [-0.3, -0.25) is 104 Å². The number of nitrogens with two attached hydrogens (primary N) is 7. The van der Waals surface area contributed by atoms with Crippen LogP contribution in [0.25, 0.3) is 0 Å². The van der Waals surface area contributed by atoms with Gasteiger partial charge in [-0.05, 0) is 114 Å². The third-order valence-corrected chi connectivity index (χ3v) is 24.9. The number of fused-ring (bicyclic) bond motifs is 8. The molecule has 0 aromatic heterocycles. The van der Waals surface area contributed by atoms with Gasteiger partial charge in [0.05, 0.1) is 26.0 Å². The molecule has 0 aliphatic carbocycles. The van der Waals surface area contributed by atoms with Gasteiger partial charge in [-0.2, -0.15) is 35.3 Å². The molecule has 4 aliphatic heterocycles. The fraction of sp³-hybridized carbons (Fsp3) is 0.659. The predicted octanol–water partition coefficient (Wildman–Crippen LogP) is -7.59. The number of amides is 16. The number of nitrogens with zero attached hydrogens (tertiary/aromatic N) is 4. The molecule has 50 nitrogen and oxygen atoms in total. The molecule has 13 atom stereocenters. The van der Waals surface area contributed by atoms with E-state index in [2.05, 4.69) is 85.1 Å². The lowest BCUT2D eigenvalue weighted by Gasteiger charge is -2.42. The number of primary amides is 1. The number of nitrogens with one attached hydrogen (secondary N) is 21. The number of hydrogen-bond donors (Lipinski definition) is 29. The molecule has 16 amide bonds. The minimum Gasteiger partial charge on any atom is -0.480 e. The molecule has 36 N–H and O–H groups in total. The number of thioether (sulfide) groups is 3. The Hall–Kier alpha value is -12.4. The summed E-state index contributed by atoms with van der Waals surface area (Å²) in [4.78, 5) is 255. The van der Waals surface area contributed by atoms with Crippen LogP contribution in [-0.2, 0) is 87.9 Å². The molecule has 0 saturated carbocycles. The summed E-state index contributed by atoms with van der Waals surface area (Å²) in [5.74, 6) is -20.1. The second kappa shape index (κ2) is 59.3. The SMILES string of the molecule is CC(C)C[C@@H]1NC(=O)[C@H](CCC(N)=O)NC(=O)[C@H](CCCNC(=N)N)NC(=O)[C@@H]2CSCCC(=O)N3CN(CN(C3)C(=O)CCSC[C@H](NC(=O)[C@@H](N)CCCNC(=N)N)C(=O)N[C@@H](Cc3ccccc3)C(=O)N[C@@H](CCCNC(=N)N)C(=O)N[C@@H](CC(C)C)C(=O)N3CCC[C@H]3C(=O)N2)C(=O)CCSC[C@@H](C(=O)N[C@@H](CCCNC(=N)N)C(=O)O)NC(=O)[C@H](CCCNC(=N)N)NC1=O. The fourth-order valence-corrected chi connectivity index (χ4v) is 17.6. The quantitative estimate of drug-likeness (QED) is 0.0173. The summed E-state index contributed by atoms with van der Waals surface area (Å²) in [6, 6.07) is -11.7. The molecule has 752 valence electrons. The van der Waals surface area contributed by atoms with Crippen molar-refractivity contribution in [2.24, 2.45) is 52.0 Å². The molecule has 1 aromatic carbocycles. The van der Waals surface area contributed by atoms with Gasteiger partial charge >= 0.3 is 5.97 Å². The van der Waals surface area contributed by atoms with E-state index >= 15 is 33.6 Å². The molecule has 4 bridgehead atoms. The van der Waals surface area contributed by atoms with Gasteiger partial charge in [0.25, 0.3) is 0 Å². The first-order valence-corrected chi connectivity index (χ1v) is 48.4. The lowest BCUT2D eigenvalue weighted by atomic mass is 10.0. The molecular weight excluding hydrogens is 1820 g/mol. The second-order valence-electron chi connectivity index (χ2n) is 33.9. The predicted molar refractivity (Wildman–Crippen MR) is 506 cm³/mol. The molecule has 1 aromatic rings. The van der Waals surface area contributed by atoms with Crippen molar-refractivity contribution in [1.82, 2.24) is 105 Å². The molecule has 0 spiro atoms. The average Bonchev–Trinajstić information content (AvgIpc) is 1.73. The van der Waals surface area contributed by atoms with E-state index in [0.29, 0.717) is 5.56 Å². The van der Waals surface area contributed by atoms with E-state index in [1.807, 2.05) is 0 Å². The maximum absolute atomic E-state index is 15.4. The molecule has 135 heavy (non-hydrogen) atoms. The van der Waals surface area contributed by atoms with E-state index in [-0.39, 0.29) is 195 Å². The largest absolute Gasteiger partial charge is 0.480 e. The number of rotatable bonds is 34. The van der Waals surface area contributed by atoms with Crippen LogP contribution in [0, 0.1) is 38.9 Å². The Morgan fingerprint density at radius 3 is 1.33 bits per heavy atom. The number of carbonyl (C=O) groups is 17. The van der Waals surface area contributed by atoms with Crippen molar-refractivity contribution in [2.45, 2.75) is 235 Å². The normalized spacial score (nSPS) is 23.2. The van der Waals surface area contributed by atoms with Crippen LogP contribution in [0.2, 0.25) is 0 Å². The molecule has 0 unspecified atom stereocenters. The highest BCUT2D eigenvalue weighted by Crippen LogP contribution is 2.24. The van der Waals surface area contributed by atoms with E-state index in [9.17, 15) is 53.1 Å². The first-order valence-electron chi connectivity index (χ1n) is 44.9. The van der Waals surface area contributed by atoms with Crippen LogP contribution in [-0.4, -0.2) is 327 Å². The van der Waals surface area contributed by atoms with Gasteiger partial charge in [0.15, 0.2) is 29.8 Å². The van der Waals surface area contributed by atoms with Gasteiger partial charge < -0.3 is 150 Å². The van der Waals surface area contributed by atoms with E-state index in [1.165, 1.54) is 19.6 Å². The molecule has 4 aliphatic rings. The van der Waals surface area contributed by atoms with Crippen LogP contribution in [0.4, 0.5) is 0 Å². The number of benzene rings is 1. The number of aliphatic carboxylic acids is 1. The van der Waals surface area contributed by atoms with Crippen LogP contribution in [0.5, 0.6) is 0 Å². The third-order valence-electron chi connectivity index (χ3n) is 21.7. The first-order chi connectivity index (χ1) is 64.0. The highest BCUT2D eigenvalue weighted by atomic mass is 32.2. The van der Waals surface area contributed by atoms with Crippen molar-refractivity contribution >= 4 is 166 Å². The minimum absolute atomic E-state index is 0.00504. The highest BCUT2D eigenvalue weighted by Gasteiger charge is 2.43. The average molecular weight is 1960 g/mol. The summed E-state index contributed by atoms with van der Waals surface area (Å²) in [6.45, 7) is 5.66. The lowest BCUT2D eigenvalue weighted by molar-refractivity contribution is -0.158. The van der Waals surface area contributed by atoms with Gasteiger partial charge in [0.2, 0.25) is 94.5 Å². The summed E-state index contributed by atoms with van der Waals surface area (Å²) in [5, 5.41) is 91.3. The standard InChI is InChI=1S/C82H138N32O18S3/c1-45(2)36-54-70(124)100-51(19-11-30-98-81(91)92)68(122)109-58(73(127)104-53(77(131)132)20-12-31-99-82(93)94)40-134-34-25-63(117)112-42-111-43-113(44-112)64(118)26-35-135-41-59(72(126)102-49(17-9-28-96-79(87)88)66(120)103-52(69(123)105-54)22-23-61(84)115)110-75(129)60-21-13-32-114(60)76(130)56(37-46(3)4)107-67(121)50(18-10-29-97-80(89)90)101-71(125)55(38-47-14-6-5-7-15-47)106-74(128)57(39-133-33-24-62(111)116)108-65(119)48(83)16-8-27-95-78(85)86/h5-7,14-15,45-46,48-60H,8-13,16-44,83H2,1-4H3,(H2,84,115)(H,100,124)(H,101,125)(H,102,126)(H,103,120)(H,104,127)(H,105,123)(H,106,128)(H,107,121)(H,108,119)(H,109,122)(H,110,129)(H,131,132)(H4,85,86,95)(H4,87,88,96)(H4,89,90,97)(H4,91,92,98)(H4,93,94,99)/t48-,49-,50-,51-,52-,53-,54-,55-,56-,57-,58-,59-,60-/m0/s1. The Labute approximate surface area is 796 Å². The lowest BCUT2D eigenvalue weighted by Crippen LogP contribution is -2.61. The van der Waals surface area contributed by atoms with E-state index < -0.39 is 247 Å². The second-order valence-corrected chi connectivity index (χ2v) is 37.3. The maximum atomic E-state index is 15.4. The summed E-state index contributed by atoms with van der Waals surface area (Å²) in [7, 11) is 0. The minimum atomic E-state index is -1.75. The maximum Gasteiger partial charge on any atom is 0.326 e. The van der Waals surface area contributed by atoms with Crippen LogP contribution in [0.1, 0.15) is 155 Å². The summed E-state index contributed by atoms with van der Waals surface area (Å²) in [5.41, 5.74) is 40.4. The highest BCUT2D eigenvalue weighted by molar-refractivity contribution is 7.99. The molecule has 4 fully saturated rings. The summed E-state index contributed by atoms with van der Waals surface area (Å²) < 4.78 is 0. The third kappa shape index (κ3) is 42.4. The molecular formula is C82H138N32O18S3. The van der Waals surface area contributed by atoms with Crippen LogP contribution in [0.15, 0.2) is 30.3 Å². The number of carboxylic acids is 1. The zero-order valence-electron chi connectivity index (χ0n) is 76.7. The van der Waals surface area contributed by atoms with Gasteiger partial charge in [0, 0.05) is 106 Å². The van der Waals surface area contributed by atoms with Gasteiger partial charge in [0.1, 0.15) is 72.5 Å². The van der Waals surface area contributed by atoms with Crippen molar-refractivity contribution < 1.29 is 86.6 Å². The van der Waals surface area contributed by atoms with E-state index in [4.69, 9.17) is 67.2 Å². The topological polar surface area (TPSA) is 817 Å². The van der Waals surface area contributed by atoms with Gasteiger partial charge in [-0.25, -0.2) is 4.79 Å². The zero-order valence-corrected chi connectivity index (χ0v) is 79.2. The first kappa shape index (κ1) is 113. The van der Waals surface area contributed by atoms with Crippen molar-refractivity contribution in [3.05, 3.63) is 35.9 Å². The summed E-state index contributed by atoms with van der Waals surface area (Å²) in [6.07, 6.45) is -2.98. The van der Waals surface area contributed by atoms with Crippen LogP contribution in [0.3, 0.4) is 0 Å². The number of guanidine groups is 5. The van der Waals surface area contributed by atoms with Crippen molar-refractivity contribution in [3.63, 3.8) is 0 Å². The molecule has 0 radical (unpaired) electrons. The van der Waals surface area contributed by atoms with Gasteiger partial charge in [-0.1, -0.05) is 58.0 Å². The molecule has 4 heterocycles. The Morgan fingerprint density at radius 1 is 0.467 bits per heavy atom. The Morgan fingerprint density at radius 2 is 0.867 bits per heavy atom. The number of carbonyl (C=O) groups excluding carboxylic acids is 16. The number of hydrogen-bond acceptors (Lipinski definition) is 26. The smallest absolute Gasteiger partial charge is 0.326 e. The van der Waals surface area contributed by atoms with Crippen molar-refractivity contribution in [1.29, 1.82) is 27.0 Å². The Kier molecular flexibility index (Phi) is 49.7. The van der Waals surface area contributed by atoms with Gasteiger partial charge in [-0.15, -0.1) is 0 Å². The fourth-order valence-electron chi connectivity index (χ4n) is 14.7. The van der Waals surface area contributed by atoms with E-state index in [1.54, 1.807) is 58.0 Å².